The van der Waals surface area contributed by atoms with Crippen molar-refractivity contribution in [2.24, 2.45) is 17.1 Å². The quantitative estimate of drug-likeness (QED) is 0.806. The highest BCUT2D eigenvalue weighted by Gasteiger charge is 2.30. The third-order valence-corrected chi connectivity index (χ3v) is 3.69. The van der Waals surface area contributed by atoms with E-state index in [2.05, 4.69) is 26.1 Å². The number of nitrogens with zero attached hydrogens (tertiary/aromatic N) is 1. The van der Waals surface area contributed by atoms with Crippen LogP contribution in [-0.4, -0.2) is 42.9 Å². The van der Waals surface area contributed by atoms with E-state index in [0.29, 0.717) is 11.3 Å². The Morgan fingerprint density at radius 3 is 2.21 bits per heavy atom. The molecule has 1 heterocycles. The van der Waals surface area contributed by atoms with Gasteiger partial charge in [0.05, 0.1) is 13.1 Å². The molecule has 0 radical (unpaired) electrons. The predicted molar refractivity (Wildman–Crippen MR) is 78.1 cm³/mol. The van der Waals surface area contributed by atoms with E-state index in [-0.39, 0.29) is 37.3 Å². The number of amides is 2. The van der Waals surface area contributed by atoms with Gasteiger partial charge in [-0.2, -0.15) is 0 Å². The second-order valence-corrected chi connectivity index (χ2v) is 6.00. The summed E-state index contributed by atoms with van der Waals surface area (Å²) in [5, 5.41) is 2.52. The minimum absolute atomic E-state index is 0. The number of hydrogen-bond donors (Lipinski definition) is 2. The van der Waals surface area contributed by atoms with Crippen LogP contribution in [0.4, 0.5) is 0 Å². The zero-order chi connectivity index (χ0) is 13.8. The van der Waals surface area contributed by atoms with Crippen LogP contribution in [0.3, 0.4) is 0 Å². The van der Waals surface area contributed by atoms with Crippen molar-refractivity contribution < 1.29 is 9.59 Å². The average molecular weight is 292 g/mol. The number of likely N-dealkylation sites (tertiary alicyclic amines) is 1. The molecule has 19 heavy (non-hydrogen) atoms. The van der Waals surface area contributed by atoms with Crippen LogP contribution in [0.5, 0.6) is 0 Å². The lowest BCUT2D eigenvalue weighted by atomic mass is 9.75. The van der Waals surface area contributed by atoms with E-state index in [1.807, 2.05) is 4.90 Å². The molecule has 6 heteroatoms. The summed E-state index contributed by atoms with van der Waals surface area (Å²) in [4.78, 5) is 24.7. The molecule has 1 fully saturated rings. The summed E-state index contributed by atoms with van der Waals surface area (Å²) in [5.41, 5.74) is 5.47. The van der Waals surface area contributed by atoms with Gasteiger partial charge in [0.1, 0.15) is 0 Å². The minimum Gasteiger partial charge on any atom is -0.346 e. The highest BCUT2D eigenvalue weighted by molar-refractivity contribution is 5.85. The second-order valence-electron chi connectivity index (χ2n) is 6.00. The first-order valence-corrected chi connectivity index (χ1v) is 6.59. The van der Waals surface area contributed by atoms with E-state index in [1.54, 1.807) is 0 Å². The van der Waals surface area contributed by atoms with Crippen molar-refractivity contribution in [2.75, 3.05) is 26.2 Å². The summed E-state index contributed by atoms with van der Waals surface area (Å²) < 4.78 is 0. The Balaban J connectivity index is 0.00000324. The number of piperidine rings is 1. The number of nitrogens with one attached hydrogen (secondary N) is 1. The van der Waals surface area contributed by atoms with Crippen LogP contribution < -0.4 is 11.1 Å². The highest BCUT2D eigenvalue weighted by Crippen LogP contribution is 2.34. The standard InChI is InChI=1S/C13H25N3O2.ClH/c1-13(2,3)10-4-6-16(7-5-10)12(18)9-15-11(17)8-14;/h10H,4-9,14H2,1-3H3,(H,15,17);1H. The molecule has 0 unspecified atom stereocenters. The summed E-state index contributed by atoms with van der Waals surface area (Å²) in [6.07, 6.45) is 2.08. The number of hydrogen-bond acceptors (Lipinski definition) is 3. The van der Waals surface area contributed by atoms with Crippen molar-refractivity contribution >= 4 is 24.2 Å². The van der Waals surface area contributed by atoms with Gasteiger partial charge >= 0.3 is 0 Å². The first-order valence-electron chi connectivity index (χ1n) is 6.59. The number of carbonyl (C=O) groups is 2. The minimum atomic E-state index is -0.284. The van der Waals surface area contributed by atoms with Crippen molar-refractivity contribution in [1.82, 2.24) is 10.2 Å². The van der Waals surface area contributed by atoms with E-state index >= 15 is 0 Å². The molecule has 2 amide bonds. The van der Waals surface area contributed by atoms with Crippen LogP contribution in [0.25, 0.3) is 0 Å². The number of halogens is 1. The maximum Gasteiger partial charge on any atom is 0.241 e. The first kappa shape index (κ1) is 18.2. The zero-order valence-electron chi connectivity index (χ0n) is 12.1. The van der Waals surface area contributed by atoms with Gasteiger partial charge < -0.3 is 16.0 Å². The molecule has 0 saturated carbocycles. The summed E-state index contributed by atoms with van der Waals surface area (Å²) in [6, 6.07) is 0. The molecule has 112 valence electrons. The molecule has 0 aliphatic carbocycles. The van der Waals surface area contributed by atoms with Gasteiger partial charge in [0.2, 0.25) is 11.8 Å². The van der Waals surface area contributed by atoms with Gasteiger partial charge in [0.25, 0.3) is 0 Å². The van der Waals surface area contributed by atoms with Crippen LogP contribution in [0.1, 0.15) is 33.6 Å². The van der Waals surface area contributed by atoms with Gasteiger partial charge in [-0.25, -0.2) is 0 Å². The molecule has 0 aromatic carbocycles. The van der Waals surface area contributed by atoms with Gasteiger partial charge in [0, 0.05) is 13.1 Å². The lowest BCUT2D eigenvalue weighted by molar-refractivity contribution is -0.134. The van der Waals surface area contributed by atoms with Crippen LogP contribution in [-0.2, 0) is 9.59 Å². The highest BCUT2D eigenvalue weighted by atomic mass is 35.5. The van der Waals surface area contributed by atoms with Crippen molar-refractivity contribution in [2.45, 2.75) is 33.6 Å². The maximum atomic E-state index is 11.8. The molecule has 1 aliphatic heterocycles. The third-order valence-electron chi connectivity index (χ3n) is 3.69. The average Bonchev–Trinajstić information content (AvgIpc) is 2.34. The predicted octanol–water partition coefficient (Wildman–Crippen LogP) is 0.768. The lowest BCUT2D eigenvalue weighted by Crippen LogP contribution is -2.46. The van der Waals surface area contributed by atoms with Crippen LogP contribution in [0, 0.1) is 11.3 Å². The van der Waals surface area contributed by atoms with E-state index < -0.39 is 0 Å². The fourth-order valence-electron chi connectivity index (χ4n) is 2.35. The molecule has 3 N–H and O–H groups in total. The Hall–Kier alpha value is -0.810. The van der Waals surface area contributed by atoms with Gasteiger partial charge in [-0.1, -0.05) is 20.8 Å². The van der Waals surface area contributed by atoms with Gasteiger partial charge in [-0.15, -0.1) is 12.4 Å². The Bertz CT molecular complexity index is 308. The molecule has 0 atom stereocenters. The molecule has 5 nitrogen and oxygen atoms in total. The van der Waals surface area contributed by atoms with E-state index in [4.69, 9.17) is 5.73 Å². The molecular weight excluding hydrogens is 266 g/mol. The summed E-state index contributed by atoms with van der Waals surface area (Å²) in [6.45, 7) is 8.32. The second kappa shape index (κ2) is 7.70. The monoisotopic (exact) mass is 291 g/mol. The van der Waals surface area contributed by atoms with Gasteiger partial charge in [-0.05, 0) is 24.2 Å². The number of rotatable bonds is 3. The molecule has 0 bridgehead atoms. The molecule has 1 saturated heterocycles. The van der Waals surface area contributed by atoms with Crippen molar-refractivity contribution in [1.29, 1.82) is 0 Å². The molecule has 1 rings (SSSR count). The Kier molecular flexibility index (Phi) is 7.37. The van der Waals surface area contributed by atoms with Crippen molar-refractivity contribution in [3.8, 4) is 0 Å². The van der Waals surface area contributed by atoms with Crippen molar-refractivity contribution in [3.63, 3.8) is 0 Å². The zero-order valence-corrected chi connectivity index (χ0v) is 12.9. The first-order chi connectivity index (χ1) is 8.34. The lowest BCUT2D eigenvalue weighted by Gasteiger charge is -2.38. The smallest absolute Gasteiger partial charge is 0.241 e. The van der Waals surface area contributed by atoms with Gasteiger partial charge in [0.15, 0.2) is 0 Å². The van der Waals surface area contributed by atoms with E-state index in [0.717, 1.165) is 25.9 Å². The molecule has 0 aromatic heterocycles. The van der Waals surface area contributed by atoms with Crippen molar-refractivity contribution in [3.05, 3.63) is 0 Å². The fraction of sp³-hybridized carbons (Fsp3) is 0.846. The topological polar surface area (TPSA) is 75.4 Å². The Morgan fingerprint density at radius 2 is 1.79 bits per heavy atom. The summed E-state index contributed by atoms with van der Waals surface area (Å²) in [7, 11) is 0. The van der Waals surface area contributed by atoms with Crippen LogP contribution in [0.2, 0.25) is 0 Å². The largest absolute Gasteiger partial charge is 0.346 e. The Labute approximate surface area is 121 Å². The normalized spacial score (nSPS) is 16.7. The number of carbonyl (C=O) groups excluding carboxylic acids is 2. The number of nitrogens with two attached hydrogens (primary N) is 1. The summed E-state index contributed by atoms with van der Waals surface area (Å²) in [5.74, 6) is 0.372. The Morgan fingerprint density at radius 1 is 1.26 bits per heavy atom. The molecule has 0 aromatic rings. The molecule has 1 aliphatic rings. The maximum absolute atomic E-state index is 11.8. The van der Waals surface area contributed by atoms with Gasteiger partial charge in [-0.3, -0.25) is 9.59 Å². The van der Waals surface area contributed by atoms with E-state index in [9.17, 15) is 9.59 Å². The summed E-state index contributed by atoms with van der Waals surface area (Å²) >= 11 is 0. The SMILES string of the molecule is CC(C)(C)C1CCN(C(=O)CNC(=O)CN)CC1.Cl. The fourth-order valence-corrected chi connectivity index (χ4v) is 2.35. The third kappa shape index (κ3) is 5.78. The van der Waals surface area contributed by atoms with Crippen LogP contribution in [0.15, 0.2) is 0 Å². The molecule has 0 spiro atoms. The molecular formula is C13H26ClN3O2. The van der Waals surface area contributed by atoms with E-state index in [1.165, 1.54) is 0 Å². The van der Waals surface area contributed by atoms with Crippen LogP contribution >= 0.6 is 12.4 Å².